The summed E-state index contributed by atoms with van der Waals surface area (Å²) in [5.41, 5.74) is 0.542. The van der Waals surface area contributed by atoms with E-state index in [0.29, 0.717) is 37.0 Å². The van der Waals surface area contributed by atoms with Crippen LogP contribution in [0, 0.1) is 5.92 Å². The summed E-state index contributed by atoms with van der Waals surface area (Å²) in [4.78, 5) is 36.9. The second-order valence-corrected chi connectivity index (χ2v) is 7.13. The standard InChI is InChI=1S/C17H19N5O3S/c23-15(20-17-18-3-8-26-17)13-10-22(11-13)16(24)12-1-2-14(19-9-12)21-4-6-25-7-5-21/h1-3,8-9,13H,4-7,10-11H2,(H,18,20,23). The van der Waals surface area contributed by atoms with Crippen LogP contribution < -0.4 is 10.2 Å². The van der Waals surface area contributed by atoms with Gasteiger partial charge >= 0.3 is 0 Å². The first kappa shape index (κ1) is 16.9. The lowest BCUT2D eigenvalue weighted by atomic mass is 9.98. The van der Waals surface area contributed by atoms with Gasteiger partial charge in [0, 0.05) is 44.0 Å². The number of ether oxygens (including phenoxy) is 1. The Morgan fingerprint density at radius 1 is 1.19 bits per heavy atom. The lowest BCUT2D eigenvalue weighted by molar-refractivity contribution is -0.123. The molecule has 0 aromatic carbocycles. The minimum absolute atomic E-state index is 0.0928. The second kappa shape index (κ2) is 7.38. The fourth-order valence-corrected chi connectivity index (χ4v) is 3.51. The molecule has 26 heavy (non-hydrogen) atoms. The van der Waals surface area contributed by atoms with Gasteiger partial charge in [-0.25, -0.2) is 9.97 Å². The third-order valence-electron chi connectivity index (χ3n) is 4.53. The highest BCUT2D eigenvalue weighted by molar-refractivity contribution is 7.13. The molecule has 2 fully saturated rings. The predicted octanol–water partition coefficient (Wildman–Crippen LogP) is 1.09. The van der Waals surface area contributed by atoms with Crippen molar-refractivity contribution in [2.75, 3.05) is 49.6 Å². The molecule has 2 saturated heterocycles. The Kier molecular flexibility index (Phi) is 4.81. The van der Waals surface area contributed by atoms with Gasteiger partial charge in [-0.05, 0) is 12.1 Å². The highest BCUT2D eigenvalue weighted by Crippen LogP contribution is 2.22. The zero-order valence-corrected chi connectivity index (χ0v) is 14.9. The van der Waals surface area contributed by atoms with Crippen LogP contribution in [-0.2, 0) is 9.53 Å². The number of likely N-dealkylation sites (tertiary alicyclic amines) is 1. The fourth-order valence-electron chi connectivity index (χ4n) is 2.98. The molecule has 4 rings (SSSR count). The van der Waals surface area contributed by atoms with Gasteiger partial charge in [-0.3, -0.25) is 9.59 Å². The highest BCUT2D eigenvalue weighted by atomic mass is 32.1. The third-order valence-corrected chi connectivity index (χ3v) is 5.22. The van der Waals surface area contributed by atoms with Gasteiger partial charge in [0.25, 0.3) is 5.91 Å². The molecule has 2 aliphatic rings. The number of morpholine rings is 1. The number of anilines is 2. The summed E-state index contributed by atoms with van der Waals surface area (Å²) in [7, 11) is 0. The van der Waals surface area contributed by atoms with Crippen molar-refractivity contribution < 1.29 is 14.3 Å². The van der Waals surface area contributed by atoms with Crippen LogP contribution in [0.1, 0.15) is 10.4 Å². The molecule has 2 aromatic rings. The molecule has 1 N–H and O–H groups in total. The topological polar surface area (TPSA) is 87.7 Å². The van der Waals surface area contributed by atoms with Crippen LogP contribution in [0.2, 0.25) is 0 Å². The summed E-state index contributed by atoms with van der Waals surface area (Å²) in [6, 6.07) is 3.66. The van der Waals surface area contributed by atoms with E-state index in [9.17, 15) is 9.59 Å². The van der Waals surface area contributed by atoms with Crippen LogP contribution >= 0.6 is 11.3 Å². The molecule has 0 saturated carbocycles. The van der Waals surface area contributed by atoms with E-state index in [2.05, 4.69) is 20.2 Å². The zero-order chi connectivity index (χ0) is 17.9. The van der Waals surface area contributed by atoms with Gasteiger partial charge in [0.2, 0.25) is 5.91 Å². The summed E-state index contributed by atoms with van der Waals surface area (Å²) in [6.45, 7) is 3.84. The van der Waals surface area contributed by atoms with Crippen LogP contribution in [-0.4, -0.2) is 66.1 Å². The van der Waals surface area contributed by atoms with Crippen LogP contribution in [0.3, 0.4) is 0 Å². The second-order valence-electron chi connectivity index (χ2n) is 6.24. The van der Waals surface area contributed by atoms with Gasteiger partial charge in [0.05, 0.1) is 24.7 Å². The first-order valence-electron chi connectivity index (χ1n) is 8.49. The SMILES string of the molecule is O=C(Nc1nccs1)C1CN(C(=O)c2ccc(N3CCOCC3)nc2)C1. The summed E-state index contributed by atoms with van der Waals surface area (Å²) < 4.78 is 5.33. The van der Waals surface area contributed by atoms with Gasteiger partial charge in [-0.15, -0.1) is 11.3 Å². The Balaban J connectivity index is 1.30. The summed E-state index contributed by atoms with van der Waals surface area (Å²) in [5.74, 6) is 0.478. The van der Waals surface area contributed by atoms with Gasteiger partial charge < -0.3 is 19.9 Å². The zero-order valence-electron chi connectivity index (χ0n) is 14.1. The molecule has 0 atom stereocenters. The molecule has 136 valence electrons. The maximum absolute atomic E-state index is 12.5. The highest BCUT2D eigenvalue weighted by Gasteiger charge is 2.36. The summed E-state index contributed by atoms with van der Waals surface area (Å²) in [6.07, 6.45) is 3.25. The number of thiazole rings is 1. The van der Waals surface area contributed by atoms with E-state index in [4.69, 9.17) is 4.74 Å². The van der Waals surface area contributed by atoms with Crippen molar-refractivity contribution in [3.8, 4) is 0 Å². The number of nitrogens with one attached hydrogen (secondary N) is 1. The molecule has 0 unspecified atom stereocenters. The van der Waals surface area contributed by atoms with Crippen LogP contribution in [0.25, 0.3) is 0 Å². The van der Waals surface area contributed by atoms with Crippen LogP contribution in [0.15, 0.2) is 29.9 Å². The first-order chi connectivity index (χ1) is 12.7. The van der Waals surface area contributed by atoms with E-state index in [1.54, 1.807) is 28.7 Å². The van der Waals surface area contributed by atoms with Crippen LogP contribution in [0.4, 0.5) is 10.9 Å². The van der Waals surface area contributed by atoms with E-state index in [-0.39, 0.29) is 17.7 Å². The van der Waals surface area contributed by atoms with Crippen molar-refractivity contribution in [1.29, 1.82) is 0 Å². The lowest BCUT2D eigenvalue weighted by Gasteiger charge is -2.38. The number of hydrogen-bond acceptors (Lipinski definition) is 7. The molecular formula is C17H19N5O3S. The largest absolute Gasteiger partial charge is 0.378 e. The number of hydrogen-bond donors (Lipinski definition) is 1. The number of pyridine rings is 1. The first-order valence-corrected chi connectivity index (χ1v) is 9.37. The minimum Gasteiger partial charge on any atom is -0.378 e. The van der Waals surface area contributed by atoms with Crippen molar-refractivity contribution in [2.24, 2.45) is 5.92 Å². The summed E-state index contributed by atoms with van der Waals surface area (Å²) >= 11 is 1.38. The van der Waals surface area contributed by atoms with E-state index < -0.39 is 0 Å². The number of amides is 2. The van der Waals surface area contributed by atoms with Gasteiger partial charge in [0.1, 0.15) is 5.82 Å². The average Bonchev–Trinajstić information content (AvgIpc) is 3.14. The minimum atomic E-state index is -0.191. The Morgan fingerprint density at radius 3 is 2.65 bits per heavy atom. The number of aromatic nitrogens is 2. The Bertz CT molecular complexity index is 768. The van der Waals surface area contributed by atoms with E-state index in [0.717, 1.165) is 18.9 Å². The Labute approximate surface area is 154 Å². The summed E-state index contributed by atoms with van der Waals surface area (Å²) in [5, 5.41) is 5.16. The smallest absolute Gasteiger partial charge is 0.255 e. The van der Waals surface area contributed by atoms with Crippen molar-refractivity contribution in [3.63, 3.8) is 0 Å². The van der Waals surface area contributed by atoms with Gasteiger partial charge in [-0.2, -0.15) is 0 Å². The molecular weight excluding hydrogens is 354 g/mol. The van der Waals surface area contributed by atoms with E-state index >= 15 is 0 Å². The van der Waals surface area contributed by atoms with Crippen molar-refractivity contribution in [3.05, 3.63) is 35.5 Å². The Hall–Kier alpha value is -2.52. The number of carbonyl (C=O) groups excluding carboxylic acids is 2. The Morgan fingerprint density at radius 2 is 2.00 bits per heavy atom. The molecule has 0 radical (unpaired) electrons. The number of nitrogens with zero attached hydrogens (tertiary/aromatic N) is 4. The quantitative estimate of drug-likeness (QED) is 0.863. The molecule has 2 aromatic heterocycles. The van der Waals surface area contributed by atoms with Gasteiger partial charge in [-0.1, -0.05) is 0 Å². The lowest BCUT2D eigenvalue weighted by Crippen LogP contribution is -2.54. The predicted molar refractivity (Wildman–Crippen MR) is 97.4 cm³/mol. The molecule has 0 aliphatic carbocycles. The van der Waals surface area contributed by atoms with Crippen LogP contribution in [0.5, 0.6) is 0 Å². The molecule has 0 bridgehead atoms. The van der Waals surface area contributed by atoms with E-state index in [1.807, 2.05) is 6.07 Å². The third kappa shape index (κ3) is 3.54. The fraction of sp³-hybridized carbons (Fsp3) is 0.412. The average molecular weight is 373 g/mol. The monoisotopic (exact) mass is 373 g/mol. The number of rotatable bonds is 4. The molecule has 0 spiro atoms. The van der Waals surface area contributed by atoms with Crippen molar-refractivity contribution in [1.82, 2.24) is 14.9 Å². The normalized spacial score (nSPS) is 17.7. The van der Waals surface area contributed by atoms with Crippen molar-refractivity contribution in [2.45, 2.75) is 0 Å². The number of carbonyl (C=O) groups is 2. The molecule has 9 heteroatoms. The maximum Gasteiger partial charge on any atom is 0.255 e. The molecule has 8 nitrogen and oxygen atoms in total. The molecule has 2 amide bonds. The molecule has 2 aliphatic heterocycles. The van der Waals surface area contributed by atoms with Crippen molar-refractivity contribution >= 4 is 34.1 Å². The maximum atomic E-state index is 12.5. The molecule has 4 heterocycles. The van der Waals surface area contributed by atoms with E-state index in [1.165, 1.54) is 11.3 Å². The van der Waals surface area contributed by atoms with Gasteiger partial charge in [0.15, 0.2) is 5.13 Å².